The lowest BCUT2D eigenvalue weighted by atomic mass is 9.98. The van der Waals surface area contributed by atoms with Gasteiger partial charge in [0.2, 0.25) is 0 Å². The van der Waals surface area contributed by atoms with Crippen LogP contribution in [0.3, 0.4) is 0 Å². The van der Waals surface area contributed by atoms with E-state index in [0.717, 1.165) is 18.2 Å². The Bertz CT molecular complexity index is 736. The number of alkyl halides is 3. The van der Waals surface area contributed by atoms with Gasteiger partial charge >= 0.3 is 12.1 Å². The molecule has 0 aliphatic heterocycles. The molecule has 1 N–H and O–H groups in total. The van der Waals surface area contributed by atoms with E-state index >= 15 is 0 Å². The molecule has 7 heteroatoms. The van der Waals surface area contributed by atoms with Gasteiger partial charge in [0.15, 0.2) is 0 Å². The maximum Gasteiger partial charge on any atom is 0.416 e. The summed E-state index contributed by atoms with van der Waals surface area (Å²) < 4.78 is 37.9. The number of rotatable bonds is 4. The SMILES string of the molecule is O=C(O)/C=C/C=C(\c1ccc(C(F)(F)F)cc1)c1cncnc1. The van der Waals surface area contributed by atoms with Gasteiger partial charge < -0.3 is 5.11 Å². The van der Waals surface area contributed by atoms with Crippen molar-refractivity contribution in [3.63, 3.8) is 0 Å². The van der Waals surface area contributed by atoms with Gasteiger partial charge in [0, 0.05) is 24.0 Å². The number of nitrogens with zero attached hydrogens (tertiary/aromatic N) is 2. The molecule has 0 radical (unpaired) electrons. The van der Waals surface area contributed by atoms with Crippen LogP contribution in [-0.2, 0) is 11.0 Å². The highest BCUT2D eigenvalue weighted by atomic mass is 19.4. The maximum atomic E-state index is 12.6. The zero-order valence-electron chi connectivity index (χ0n) is 11.7. The van der Waals surface area contributed by atoms with Gasteiger partial charge in [0.05, 0.1) is 5.56 Å². The topological polar surface area (TPSA) is 63.1 Å². The molecule has 2 aromatic rings. The van der Waals surface area contributed by atoms with Crippen molar-refractivity contribution in [1.82, 2.24) is 9.97 Å². The molecule has 0 atom stereocenters. The van der Waals surface area contributed by atoms with Crippen LogP contribution >= 0.6 is 0 Å². The van der Waals surface area contributed by atoms with Crippen LogP contribution in [0.15, 0.2) is 61.2 Å². The van der Waals surface area contributed by atoms with Gasteiger partial charge in [-0.25, -0.2) is 14.8 Å². The Balaban J connectivity index is 2.44. The van der Waals surface area contributed by atoms with Gasteiger partial charge in [-0.2, -0.15) is 13.2 Å². The van der Waals surface area contributed by atoms with E-state index in [1.54, 1.807) is 0 Å². The van der Waals surface area contributed by atoms with Crippen molar-refractivity contribution in [2.24, 2.45) is 0 Å². The largest absolute Gasteiger partial charge is 0.478 e. The lowest BCUT2D eigenvalue weighted by Crippen LogP contribution is -2.04. The van der Waals surface area contributed by atoms with Gasteiger partial charge in [-0.1, -0.05) is 24.3 Å². The van der Waals surface area contributed by atoms with Crippen molar-refractivity contribution in [3.8, 4) is 0 Å². The minimum atomic E-state index is -4.42. The minimum Gasteiger partial charge on any atom is -0.478 e. The monoisotopic (exact) mass is 320 g/mol. The third-order valence-electron chi connectivity index (χ3n) is 2.90. The summed E-state index contributed by atoms with van der Waals surface area (Å²) in [5.74, 6) is -1.13. The summed E-state index contributed by atoms with van der Waals surface area (Å²) in [5, 5.41) is 8.63. The summed E-state index contributed by atoms with van der Waals surface area (Å²) in [5.41, 5.74) is 0.799. The third-order valence-corrected chi connectivity index (χ3v) is 2.90. The first kappa shape index (κ1) is 16.4. The van der Waals surface area contributed by atoms with Crippen LogP contribution in [0.5, 0.6) is 0 Å². The highest BCUT2D eigenvalue weighted by Gasteiger charge is 2.30. The summed E-state index contributed by atoms with van der Waals surface area (Å²) in [7, 11) is 0. The summed E-state index contributed by atoms with van der Waals surface area (Å²) in [4.78, 5) is 18.3. The van der Waals surface area contributed by atoms with E-state index in [2.05, 4.69) is 9.97 Å². The van der Waals surface area contributed by atoms with Crippen LogP contribution in [0.2, 0.25) is 0 Å². The Morgan fingerprint density at radius 3 is 2.17 bits per heavy atom. The summed E-state index contributed by atoms with van der Waals surface area (Å²) in [6.07, 6.45) is 3.59. The van der Waals surface area contributed by atoms with Gasteiger partial charge in [-0.05, 0) is 23.3 Å². The molecule has 0 aliphatic rings. The van der Waals surface area contributed by atoms with Crippen LogP contribution in [-0.4, -0.2) is 21.0 Å². The van der Waals surface area contributed by atoms with Gasteiger partial charge in [-0.3, -0.25) is 0 Å². The second kappa shape index (κ2) is 6.87. The number of aliphatic carboxylic acids is 1. The number of halogens is 3. The number of aromatic nitrogens is 2. The molecule has 0 spiro atoms. The predicted octanol–water partition coefficient (Wildman–Crippen LogP) is 3.57. The van der Waals surface area contributed by atoms with E-state index in [9.17, 15) is 18.0 Å². The second-order valence-corrected chi connectivity index (χ2v) is 4.48. The quantitative estimate of drug-likeness (QED) is 0.691. The Morgan fingerprint density at radius 1 is 1.04 bits per heavy atom. The molecule has 0 fully saturated rings. The van der Waals surface area contributed by atoms with Crippen molar-refractivity contribution in [2.45, 2.75) is 6.18 Å². The molecular formula is C16H11F3N2O2. The van der Waals surface area contributed by atoms with Crippen molar-refractivity contribution >= 4 is 11.5 Å². The highest BCUT2D eigenvalue weighted by Crippen LogP contribution is 2.31. The molecule has 1 aromatic heterocycles. The standard InChI is InChI=1S/C16H11F3N2O2/c17-16(18,19)13-6-4-11(5-7-13)14(2-1-3-15(22)23)12-8-20-10-21-9-12/h1-10H,(H,22,23)/b3-1+,14-2+. The van der Waals surface area contributed by atoms with Crippen LogP contribution in [0.25, 0.3) is 5.57 Å². The van der Waals surface area contributed by atoms with E-state index in [1.165, 1.54) is 43.0 Å². The van der Waals surface area contributed by atoms with Crippen molar-refractivity contribution in [3.05, 3.63) is 77.9 Å². The fraction of sp³-hybridized carbons (Fsp3) is 0.0625. The molecule has 0 unspecified atom stereocenters. The second-order valence-electron chi connectivity index (χ2n) is 4.48. The highest BCUT2D eigenvalue weighted by molar-refractivity contribution is 5.83. The first-order valence-electron chi connectivity index (χ1n) is 6.42. The molecule has 0 aliphatic carbocycles. The number of carbonyl (C=O) groups is 1. The Hall–Kier alpha value is -2.96. The van der Waals surface area contributed by atoms with Crippen molar-refractivity contribution < 1.29 is 23.1 Å². The van der Waals surface area contributed by atoms with E-state index in [4.69, 9.17) is 5.11 Å². The lowest BCUT2D eigenvalue weighted by Gasteiger charge is -2.10. The molecule has 0 saturated carbocycles. The van der Waals surface area contributed by atoms with E-state index < -0.39 is 17.7 Å². The molecule has 118 valence electrons. The number of carboxylic acids is 1. The smallest absolute Gasteiger partial charge is 0.416 e. The molecule has 0 bridgehead atoms. The minimum absolute atomic E-state index is 0.489. The number of allylic oxidation sites excluding steroid dienone is 2. The number of hydrogen-bond donors (Lipinski definition) is 1. The number of carboxylic acid groups (broad SMARTS) is 1. The van der Waals surface area contributed by atoms with Crippen molar-refractivity contribution in [1.29, 1.82) is 0 Å². The van der Waals surface area contributed by atoms with Crippen LogP contribution in [0, 0.1) is 0 Å². The fourth-order valence-corrected chi connectivity index (χ4v) is 1.86. The van der Waals surface area contributed by atoms with Gasteiger partial charge in [-0.15, -0.1) is 0 Å². The molecule has 4 nitrogen and oxygen atoms in total. The zero-order valence-corrected chi connectivity index (χ0v) is 11.7. The van der Waals surface area contributed by atoms with Crippen LogP contribution in [0.4, 0.5) is 13.2 Å². The first-order chi connectivity index (χ1) is 10.9. The third kappa shape index (κ3) is 4.50. The lowest BCUT2D eigenvalue weighted by molar-refractivity contribution is -0.137. The van der Waals surface area contributed by atoms with Gasteiger partial charge in [0.25, 0.3) is 0 Å². The average molecular weight is 320 g/mol. The molecular weight excluding hydrogens is 309 g/mol. The van der Waals surface area contributed by atoms with Gasteiger partial charge in [0.1, 0.15) is 6.33 Å². The van der Waals surface area contributed by atoms with Crippen LogP contribution in [0.1, 0.15) is 16.7 Å². The average Bonchev–Trinajstić information content (AvgIpc) is 2.51. The molecule has 2 rings (SSSR count). The normalized spacial score (nSPS) is 12.6. The Kier molecular flexibility index (Phi) is 4.90. The predicted molar refractivity (Wildman–Crippen MR) is 77.3 cm³/mol. The summed E-state index contributed by atoms with van der Waals surface area (Å²) in [6.45, 7) is 0. The number of benzene rings is 1. The first-order valence-corrected chi connectivity index (χ1v) is 6.42. The van der Waals surface area contributed by atoms with Crippen LogP contribution < -0.4 is 0 Å². The molecule has 0 amide bonds. The molecule has 0 saturated heterocycles. The zero-order chi connectivity index (χ0) is 16.9. The molecule has 23 heavy (non-hydrogen) atoms. The fourth-order valence-electron chi connectivity index (χ4n) is 1.86. The Morgan fingerprint density at radius 2 is 1.65 bits per heavy atom. The molecule has 1 aromatic carbocycles. The van der Waals surface area contributed by atoms with E-state index in [-0.39, 0.29) is 0 Å². The molecule has 1 heterocycles. The summed E-state index contributed by atoms with van der Waals surface area (Å²) >= 11 is 0. The number of hydrogen-bond acceptors (Lipinski definition) is 3. The Labute approximate surface area is 129 Å². The van der Waals surface area contributed by atoms with E-state index in [1.807, 2.05) is 0 Å². The maximum absolute atomic E-state index is 12.6. The van der Waals surface area contributed by atoms with E-state index in [0.29, 0.717) is 16.7 Å². The van der Waals surface area contributed by atoms with Crippen molar-refractivity contribution in [2.75, 3.05) is 0 Å². The summed E-state index contributed by atoms with van der Waals surface area (Å²) in [6, 6.07) is 4.56.